The van der Waals surface area contributed by atoms with Gasteiger partial charge in [-0.3, -0.25) is 33.6 Å². The number of nitrogens with one attached hydrogen (secondary N) is 7. The molecule has 5 atom stereocenters. The lowest BCUT2D eigenvalue weighted by Crippen LogP contribution is -2.59. The van der Waals surface area contributed by atoms with Crippen molar-refractivity contribution < 1.29 is 38.3 Å². The molecular formula is C45H56N8O8. The first-order valence-electron chi connectivity index (χ1n) is 20.6. The second kappa shape index (κ2) is 22.7. The molecule has 0 saturated carbocycles. The van der Waals surface area contributed by atoms with E-state index in [9.17, 15) is 33.6 Å². The standard InChI is InChI=1S/C45H56N8O8/c1-28(2)21-32-26-49-36(24-41(56)61-27-30-13-7-4-8-14-30)44(59)51-35(17-18-39(46)54)43(58)53-38(23-31-25-48-34-16-10-9-15-33(31)34)45(60)52-37(22-29-11-5-3-6-12-29)42(57)47-20-19-40(55)50-32/h3-16,25,28,32,35-38,48-49H,17-24,26-27H2,1-2H3,(H2,46,54)(H,47,57)(H,50,55)(H,51,59)(H,52,60)(H,53,58)/t32?,35-,36?,37-,38-/m0/s1. The molecule has 9 N–H and O–H groups in total. The fourth-order valence-corrected chi connectivity index (χ4v) is 7.15. The maximum Gasteiger partial charge on any atom is 0.308 e. The number of aromatic nitrogens is 1. The van der Waals surface area contributed by atoms with Gasteiger partial charge in [-0.25, -0.2) is 0 Å². The van der Waals surface area contributed by atoms with Crippen molar-refractivity contribution in [1.29, 1.82) is 0 Å². The Morgan fingerprint density at radius 3 is 2.02 bits per heavy atom. The van der Waals surface area contributed by atoms with Gasteiger partial charge in [-0.1, -0.05) is 92.7 Å². The van der Waals surface area contributed by atoms with E-state index in [-0.39, 0.29) is 63.6 Å². The van der Waals surface area contributed by atoms with Gasteiger partial charge in [0.15, 0.2) is 0 Å². The molecule has 1 fully saturated rings. The summed E-state index contributed by atoms with van der Waals surface area (Å²) < 4.78 is 5.50. The molecule has 16 nitrogen and oxygen atoms in total. The Hall–Kier alpha value is -6.55. The van der Waals surface area contributed by atoms with Gasteiger partial charge in [0.1, 0.15) is 24.7 Å². The largest absolute Gasteiger partial charge is 0.461 e. The number of hydrogen-bond donors (Lipinski definition) is 8. The number of amides is 6. The van der Waals surface area contributed by atoms with Crippen molar-refractivity contribution >= 4 is 52.3 Å². The minimum absolute atomic E-state index is 0.0212. The third-order valence-electron chi connectivity index (χ3n) is 10.3. The molecule has 16 heteroatoms. The number of fused-ring (bicyclic) bond motifs is 1. The number of hydrogen-bond acceptors (Lipinski definition) is 9. The van der Waals surface area contributed by atoms with Crippen LogP contribution in [0.4, 0.5) is 0 Å². The molecule has 4 aromatic rings. The summed E-state index contributed by atoms with van der Waals surface area (Å²) in [5.74, 6) is -4.45. The number of primary amides is 1. The molecule has 1 aromatic heterocycles. The predicted octanol–water partition coefficient (Wildman–Crippen LogP) is 1.82. The molecule has 0 radical (unpaired) electrons. The monoisotopic (exact) mass is 836 g/mol. The highest BCUT2D eigenvalue weighted by Gasteiger charge is 2.33. The van der Waals surface area contributed by atoms with Gasteiger partial charge < -0.3 is 47.4 Å². The summed E-state index contributed by atoms with van der Waals surface area (Å²) in [7, 11) is 0. The molecule has 6 amide bonds. The highest BCUT2D eigenvalue weighted by Crippen LogP contribution is 2.20. The van der Waals surface area contributed by atoms with Crippen LogP contribution in [0.3, 0.4) is 0 Å². The molecule has 1 aliphatic heterocycles. The molecule has 2 heterocycles. The third kappa shape index (κ3) is 14.6. The predicted molar refractivity (Wildman–Crippen MR) is 228 cm³/mol. The molecule has 0 bridgehead atoms. The number of ether oxygens (including phenoxy) is 1. The van der Waals surface area contributed by atoms with Gasteiger partial charge in [0, 0.05) is 61.9 Å². The zero-order chi connectivity index (χ0) is 43.7. The van der Waals surface area contributed by atoms with Gasteiger partial charge in [-0.05, 0) is 41.5 Å². The van der Waals surface area contributed by atoms with E-state index in [0.29, 0.717) is 12.0 Å². The normalized spacial score (nSPS) is 21.2. The highest BCUT2D eigenvalue weighted by atomic mass is 16.5. The molecule has 2 unspecified atom stereocenters. The van der Waals surface area contributed by atoms with E-state index in [1.54, 1.807) is 30.5 Å². The lowest BCUT2D eigenvalue weighted by molar-refractivity contribution is -0.147. The highest BCUT2D eigenvalue weighted by molar-refractivity contribution is 5.96. The van der Waals surface area contributed by atoms with Crippen molar-refractivity contribution in [2.45, 2.75) is 95.6 Å². The average Bonchev–Trinajstić information content (AvgIpc) is 3.64. The van der Waals surface area contributed by atoms with Crippen LogP contribution >= 0.6 is 0 Å². The van der Waals surface area contributed by atoms with E-state index < -0.39 is 72.1 Å². The first kappa shape index (κ1) is 45.5. The molecule has 324 valence electrons. The van der Waals surface area contributed by atoms with Crippen LogP contribution in [0.5, 0.6) is 0 Å². The number of carbonyl (C=O) groups excluding carboxylic acids is 7. The molecule has 61 heavy (non-hydrogen) atoms. The first-order chi connectivity index (χ1) is 29.3. The Labute approximate surface area is 354 Å². The second-order valence-electron chi connectivity index (χ2n) is 15.7. The van der Waals surface area contributed by atoms with Gasteiger partial charge in [-0.15, -0.1) is 0 Å². The summed E-state index contributed by atoms with van der Waals surface area (Å²) >= 11 is 0. The number of carbonyl (C=O) groups is 7. The number of rotatable bonds is 13. The van der Waals surface area contributed by atoms with Crippen molar-refractivity contribution in [2.75, 3.05) is 13.1 Å². The van der Waals surface area contributed by atoms with Crippen LogP contribution in [0.25, 0.3) is 10.9 Å². The summed E-state index contributed by atoms with van der Waals surface area (Å²) in [6, 6.07) is 20.0. The Bertz CT molecular complexity index is 2130. The molecule has 0 aliphatic carbocycles. The average molecular weight is 837 g/mol. The van der Waals surface area contributed by atoms with Crippen LogP contribution in [-0.4, -0.2) is 89.7 Å². The quantitative estimate of drug-likeness (QED) is 0.0915. The smallest absolute Gasteiger partial charge is 0.308 e. The lowest BCUT2D eigenvalue weighted by Gasteiger charge is -2.27. The van der Waals surface area contributed by atoms with Gasteiger partial charge in [0.2, 0.25) is 35.4 Å². The number of para-hydroxylation sites is 1. The van der Waals surface area contributed by atoms with Crippen molar-refractivity contribution in [1.82, 2.24) is 36.9 Å². The Morgan fingerprint density at radius 1 is 0.721 bits per heavy atom. The third-order valence-corrected chi connectivity index (χ3v) is 10.3. The van der Waals surface area contributed by atoms with E-state index in [1.807, 2.05) is 74.5 Å². The fourth-order valence-electron chi connectivity index (χ4n) is 7.15. The molecule has 1 saturated heterocycles. The number of esters is 1. The van der Waals surface area contributed by atoms with Crippen LogP contribution in [0.15, 0.2) is 91.1 Å². The second-order valence-corrected chi connectivity index (χ2v) is 15.7. The van der Waals surface area contributed by atoms with Gasteiger partial charge in [0.25, 0.3) is 0 Å². The Morgan fingerprint density at radius 2 is 1.33 bits per heavy atom. The Kier molecular flexibility index (Phi) is 17.0. The molecule has 1 aliphatic rings. The van der Waals surface area contributed by atoms with Crippen LogP contribution in [0, 0.1) is 5.92 Å². The number of benzene rings is 3. The van der Waals surface area contributed by atoms with E-state index >= 15 is 0 Å². The lowest BCUT2D eigenvalue weighted by atomic mass is 10.0. The molecule has 3 aromatic carbocycles. The summed E-state index contributed by atoms with van der Waals surface area (Å²) in [5.41, 5.74) is 8.49. The minimum atomic E-state index is -1.39. The van der Waals surface area contributed by atoms with E-state index in [4.69, 9.17) is 10.5 Å². The first-order valence-corrected chi connectivity index (χ1v) is 20.6. The van der Waals surface area contributed by atoms with E-state index in [2.05, 4.69) is 36.9 Å². The number of nitrogens with two attached hydrogens (primary N) is 1. The minimum Gasteiger partial charge on any atom is -0.461 e. The number of H-pyrrole nitrogens is 1. The SMILES string of the molecule is CC(C)CC1CNC(CC(=O)OCc2ccccc2)C(=O)N[C@@H](CCC(N)=O)C(=O)N[C@@H](Cc2c[nH]c3ccccc23)C(=O)N[C@@H](Cc2ccccc2)C(=O)NCCC(=O)N1. The molecular weight excluding hydrogens is 781 g/mol. The maximum absolute atomic E-state index is 14.4. The topological polar surface area (TPSA) is 243 Å². The fraction of sp³-hybridized carbons (Fsp3) is 0.400. The maximum atomic E-state index is 14.4. The zero-order valence-corrected chi connectivity index (χ0v) is 34.5. The van der Waals surface area contributed by atoms with Crippen LogP contribution in [0.1, 0.15) is 62.6 Å². The van der Waals surface area contributed by atoms with Gasteiger partial charge in [-0.2, -0.15) is 0 Å². The summed E-state index contributed by atoms with van der Waals surface area (Å²) in [5, 5.41) is 17.9. The van der Waals surface area contributed by atoms with Crippen molar-refractivity contribution in [2.24, 2.45) is 11.7 Å². The van der Waals surface area contributed by atoms with Crippen molar-refractivity contribution in [3.8, 4) is 0 Å². The van der Waals surface area contributed by atoms with Gasteiger partial charge in [0.05, 0.1) is 12.5 Å². The summed E-state index contributed by atoms with van der Waals surface area (Å²) in [4.78, 5) is 98.3. The summed E-state index contributed by atoms with van der Waals surface area (Å²) in [6.07, 6.45) is 1.27. The van der Waals surface area contributed by atoms with Crippen molar-refractivity contribution in [3.63, 3.8) is 0 Å². The van der Waals surface area contributed by atoms with Crippen LogP contribution in [0.2, 0.25) is 0 Å². The van der Waals surface area contributed by atoms with Gasteiger partial charge >= 0.3 is 5.97 Å². The van der Waals surface area contributed by atoms with Crippen LogP contribution < -0.4 is 37.6 Å². The van der Waals surface area contributed by atoms with Crippen molar-refractivity contribution in [3.05, 3.63) is 108 Å². The molecule has 5 rings (SSSR count). The van der Waals surface area contributed by atoms with Crippen LogP contribution in [-0.2, 0) is 57.7 Å². The summed E-state index contributed by atoms with van der Waals surface area (Å²) in [6.45, 7) is 3.93. The zero-order valence-electron chi connectivity index (χ0n) is 34.5. The number of aromatic amines is 1. The van der Waals surface area contributed by atoms with E-state index in [0.717, 1.165) is 22.0 Å². The Balaban J connectivity index is 1.48. The van der Waals surface area contributed by atoms with E-state index in [1.165, 1.54) is 0 Å². The molecule has 0 spiro atoms.